The summed E-state index contributed by atoms with van der Waals surface area (Å²) in [5, 5.41) is 20.8. The molecular formula is C8H11N5S. The monoisotopic (exact) mass is 209 g/mol. The number of unbranched alkanes of at least 4 members (excludes halogenated alkanes) is 1. The van der Waals surface area contributed by atoms with Gasteiger partial charge >= 0.3 is 0 Å². The maximum Gasteiger partial charge on any atom is 0.209 e. The molecule has 1 heterocycles. The van der Waals surface area contributed by atoms with Crippen molar-refractivity contribution in [1.29, 1.82) is 5.26 Å². The zero-order valence-corrected chi connectivity index (χ0v) is 8.57. The number of nitriles is 1. The lowest BCUT2D eigenvalue weighted by Gasteiger charge is -1.99. The van der Waals surface area contributed by atoms with Gasteiger partial charge in [-0.15, -0.1) is 5.10 Å². The van der Waals surface area contributed by atoms with E-state index in [1.54, 1.807) is 11.8 Å². The third kappa shape index (κ3) is 2.23. The first-order valence-corrected chi connectivity index (χ1v) is 5.68. The number of aromatic nitrogens is 4. The molecule has 1 saturated carbocycles. The summed E-state index contributed by atoms with van der Waals surface area (Å²) in [6, 6.07) is 2.66. The Kier molecular flexibility index (Phi) is 2.99. The summed E-state index contributed by atoms with van der Waals surface area (Å²) in [7, 11) is 0. The highest BCUT2D eigenvalue weighted by Crippen LogP contribution is 2.36. The normalized spacial score (nSPS) is 15.4. The van der Waals surface area contributed by atoms with Crippen molar-refractivity contribution in [1.82, 2.24) is 20.2 Å². The van der Waals surface area contributed by atoms with Crippen LogP contribution in [0.2, 0.25) is 0 Å². The van der Waals surface area contributed by atoms with Gasteiger partial charge in [0.15, 0.2) is 0 Å². The molecule has 0 radical (unpaired) electrons. The van der Waals surface area contributed by atoms with Crippen LogP contribution in [0.3, 0.4) is 0 Å². The molecule has 0 saturated heterocycles. The van der Waals surface area contributed by atoms with Gasteiger partial charge < -0.3 is 0 Å². The first-order valence-electron chi connectivity index (χ1n) is 4.69. The standard InChI is InChI=1S/C8H11N5S/c9-5-1-2-6-14-8-10-11-12-13(8)7-3-4-7/h7H,1-4,6H2. The van der Waals surface area contributed by atoms with Crippen molar-refractivity contribution in [2.75, 3.05) is 5.75 Å². The summed E-state index contributed by atoms with van der Waals surface area (Å²) >= 11 is 1.64. The Morgan fingerprint density at radius 1 is 1.57 bits per heavy atom. The van der Waals surface area contributed by atoms with E-state index in [-0.39, 0.29) is 0 Å². The second kappa shape index (κ2) is 4.42. The minimum absolute atomic E-state index is 0.531. The number of hydrogen-bond donors (Lipinski definition) is 0. The highest BCUT2D eigenvalue weighted by Gasteiger charge is 2.27. The molecule has 0 unspecified atom stereocenters. The molecule has 1 fully saturated rings. The molecule has 0 N–H and O–H groups in total. The fourth-order valence-electron chi connectivity index (χ4n) is 1.14. The predicted molar refractivity (Wildman–Crippen MR) is 51.7 cm³/mol. The Morgan fingerprint density at radius 3 is 3.14 bits per heavy atom. The molecule has 5 nitrogen and oxygen atoms in total. The number of nitrogens with zero attached hydrogens (tertiary/aromatic N) is 5. The van der Waals surface area contributed by atoms with Crippen molar-refractivity contribution < 1.29 is 0 Å². The maximum absolute atomic E-state index is 8.37. The molecule has 0 aromatic carbocycles. The Labute approximate surface area is 86.5 Å². The summed E-state index contributed by atoms with van der Waals surface area (Å²) in [4.78, 5) is 0. The van der Waals surface area contributed by atoms with Crippen LogP contribution in [0.4, 0.5) is 0 Å². The third-order valence-electron chi connectivity index (χ3n) is 2.02. The second-order valence-corrected chi connectivity index (χ2v) is 4.31. The van der Waals surface area contributed by atoms with Crippen LogP contribution in [0, 0.1) is 11.3 Å². The van der Waals surface area contributed by atoms with Crippen LogP contribution in [0.5, 0.6) is 0 Å². The van der Waals surface area contributed by atoms with Crippen LogP contribution in [0.1, 0.15) is 31.7 Å². The van der Waals surface area contributed by atoms with Gasteiger partial charge in [-0.1, -0.05) is 11.8 Å². The van der Waals surface area contributed by atoms with Gasteiger partial charge in [0.2, 0.25) is 5.16 Å². The highest BCUT2D eigenvalue weighted by atomic mass is 32.2. The molecule has 0 amide bonds. The molecule has 2 rings (SSSR count). The van der Waals surface area contributed by atoms with Gasteiger partial charge in [0.25, 0.3) is 0 Å². The molecule has 1 aliphatic carbocycles. The van der Waals surface area contributed by atoms with E-state index in [9.17, 15) is 0 Å². The van der Waals surface area contributed by atoms with Crippen LogP contribution in [0.25, 0.3) is 0 Å². The second-order valence-electron chi connectivity index (χ2n) is 3.25. The van der Waals surface area contributed by atoms with E-state index >= 15 is 0 Å². The van der Waals surface area contributed by atoms with E-state index in [1.165, 1.54) is 12.8 Å². The quantitative estimate of drug-likeness (QED) is 0.541. The lowest BCUT2D eigenvalue weighted by molar-refractivity contribution is 0.565. The van der Waals surface area contributed by atoms with Gasteiger partial charge in [-0.05, 0) is 29.7 Å². The molecule has 1 aromatic rings. The van der Waals surface area contributed by atoms with Gasteiger partial charge in [0, 0.05) is 12.2 Å². The molecule has 14 heavy (non-hydrogen) atoms. The molecule has 1 aliphatic rings. The summed E-state index contributed by atoms with van der Waals surface area (Å²) in [5.41, 5.74) is 0. The topological polar surface area (TPSA) is 67.4 Å². The van der Waals surface area contributed by atoms with Crippen LogP contribution in [-0.2, 0) is 0 Å². The van der Waals surface area contributed by atoms with E-state index in [2.05, 4.69) is 21.6 Å². The van der Waals surface area contributed by atoms with Crippen LogP contribution in [-0.4, -0.2) is 26.0 Å². The lowest BCUT2D eigenvalue weighted by atomic mass is 10.4. The third-order valence-corrected chi connectivity index (χ3v) is 3.04. The molecule has 0 spiro atoms. The minimum atomic E-state index is 0.531. The van der Waals surface area contributed by atoms with Crippen molar-refractivity contribution in [3.8, 4) is 6.07 Å². The molecular weight excluding hydrogens is 198 g/mol. The number of hydrogen-bond acceptors (Lipinski definition) is 5. The van der Waals surface area contributed by atoms with Crippen molar-refractivity contribution in [3.63, 3.8) is 0 Å². The Morgan fingerprint density at radius 2 is 2.43 bits per heavy atom. The predicted octanol–water partition coefficient (Wildman–Crippen LogP) is 1.40. The first kappa shape index (κ1) is 9.46. The molecule has 0 atom stereocenters. The van der Waals surface area contributed by atoms with Gasteiger partial charge in [-0.2, -0.15) is 5.26 Å². The van der Waals surface area contributed by atoms with Crippen LogP contribution in [0.15, 0.2) is 5.16 Å². The van der Waals surface area contributed by atoms with Crippen molar-refractivity contribution in [3.05, 3.63) is 0 Å². The van der Waals surface area contributed by atoms with Crippen molar-refractivity contribution in [2.24, 2.45) is 0 Å². The largest absolute Gasteiger partial charge is 0.217 e. The summed E-state index contributed by atoms with van der Waals surface area (Å²) in [6.07, 6.45) is 3.89. The molecule has 0 bridgehead atoms. The van der Waals surface area contributed by atoms with Crippen LogP contribution >= 0.6 is 11.8 Å². The highest BCUT2D eigenvalue weighted by molar-refractivity contribution is 7.99. The zero-order valence-electron chi connectivity index (χ0n) is 7.76. The van der Waals surface area contributed by atoms with E-state index in [0.717, 1.165) is 17.3 Å². The SMILES string of the molecule is N#CCCCSc1nnnn1C1CC1. The van der Waals surface area contributed by atoms with E-state index < -0.39 is 0 Å². The number of thioether (sulfide) groups is 1. The molecule has 6 heteroatoms. The number of tetrazole rings is 1. The van der Waals surface area contributed by atoms with Crippen molar-refractivity contribution >= 4 is 11.8 Å². The molecule has 74 valence electrons. The summed E-state index contributed by atoms with van der Waals surface area (Å²) in [6.45, 7) is 0. The Bertz CT molecular complexity index is 338. The lowest BCUT2D eigenvalue weighted by Crippen LogP contribution is -1.98. The van der Waals surface area contributed by atoms with Gasteiger partial charge in [0.05, 0.1) is 12.1 Å². The Balaban J connectivity index is 1.83. The molecule has 0 aliphatic heterocycles. The minimum Gasteiger partial charge on any atom is -0.217 e. The first-order chi connectivity index (χ1) is 6.92. The maximum atomic E-state index is 8.37. The molecule has 1 aromatic heterocycles. The van der Waals surface area contributed by atoms with E-state index in [4.69, 9.17) is 5.26 Å². The fourth-order valence-corrected chi connectivity index (χ4v) is 2.03. The van der Waals surface area contributed by atoms with Crippen molar-refractivity contribution in [2.45, 2.75) is 36.9 Å². The average Bonchev–Trinajstić information content (AvgIpc) is 2.94. The average molecular weight is 209 g/mol. The van der Waals surface area contributed by atoms with Crippen LogP contribution < -0.4 is 0 Å². The van der Waals surface area contributed by atoms with Gasteiger partial charge in [0.1, 0.15) is 0 Å². The zero-order chi connectivity index (χ0) is 9.80. The fraction of sp³-hybridized carbons (Fsp3) is 0.750. The van der Waals surface area contributed by atoms with E-state index in [1.807, 2.05) is 4.68 Å². The van der Waals surface area contributed by atoms with Gasteiger partial charge in [-0.3, -0.25) is 0 Å². The van der Waals surface area contributed by atoms with Gasteiger partial charge in [-0.25, -0.2) is 4.68 Å². The Hall–Kier alpha value is -1.09. The summed E-state index contributed by atoms with van der Waals surface area (Å²) < 4.78 is 1.90. The van der Waals surface area contributed by atoms with E-state index in [0.29, 0.717) is 12.5 Å². The number of rotatable bonds is 5. The smallest absolute Gasteiger partial charge is 0.209 e. The summed E-state index contributed by atoms with van der Waals surface area (Å²) in [5.74, 6) is 0.917.